The van der Waals surface area contributed by atoms with Crippen LogP contribution in [0.5, 0.6) is 0 Å². The van der Waals surface area contributed by atoms with Gasteiger partial charge in [-0.1, -0.05) is 145 Å². The van der Waals surface area contributed by atoms with Gasteiger partial charge in [-0.25, -0.2) is 0 Å². The van der Waals surface area contributed by atoms with Crippen molar-refractivity contribution in [1.82, 2.24) is 0 Å². The van der Waals surface area contributed by atoms with Crippen molar-refractivity contribution in [3.05, 3.63) is 188 Å². The van der Waals surface area contributed by atoms with Gasteiger partial charge in [0.1, 0.15) is 11.2 Å². The molecule has 0 aliphatic rings. The van der Waals surface area contributed by atoms with Gasteiger partial charge >= 0.3 is 0 Å². The molecule has 0 aliphatic carbocycles. The fraction of sp³-hybridized carbons (Fsp3) is 0. The van der Waals surface area contributed by atoms with E-state index in [1.165, 1.54) is 0 Å². The van der Waals surface area contributed by atoms with Crippen LogP contribution in [-0.2, 0) is 0 Å². The number of nitrogens with zero attached hydrogens (tertiary/aromatic N) is 1. The highest BCUT2D eigenvalue weighted by Crippen LogP contribution is 2.48. The van der Waals surface area contributed by atoms with E-state index in [9.17, 15) is 2.74 Å². The van der Waals surface area contributed by atoms with Crippen molar-refractivity contribution in [1.29, 1.82) is 0 Å². The number of furan rings is 1. The summed E-state index contributed by atoms with van der Waals surface area (Å²) in [6.45, 7) is 0. The van der Waals surface area contributed by atoms with Crippen LogP contribution in [0.2, 0.25) is 0 Å². The zero-order valence-electron chi connectivity index (χ0n) is 35.6. The maximum atomic E-state index is 9.58. The third-order valence-corrected chi connectivity index (χ3v) is 9.36. The van der Waals surface area contributed by atoms with Gasteiger partial charge in [-0.05, 0) is 86.2 Å². The van der Waals surface area contributed by atoms with E-state index >= 15 is 0 Å². The van der Waals surface area contributed by atoms with Crippen LogP contribution in [0.1, 0.15) is 12.3 Å². The molecular formula is C48H31NO. The van der Waals surface area contributed by atoms with Crippen LogP contribution in [0, 0.1) is 0 Å². The average Bonchev–Trinajstić information content (AvgIpc) is 3.65. The van der Waals surface area contributed by atoms with E-state index in [4.69, 9.17) is 14.0 Å². The van der Waals surface area contributed by atoms with Crippen LogP contribution in [0.4, 0.5) is 17.1 Å². The van der Waals surface area contributed by atoms with E-state index in [-0.39, 0.29) is 28.8 Å². The van der Waals surface area contributed by atoms with Gasteiger partial charge in [0.15, 0.2) is 0 Å². The highest BCUT2D eigenvalue weighted by atomic mass is 16.3. The smallest absolute Gasteiger partial charge is 0.143 e. The molecular weight excluding hydrogens is 607 g/mol. The van der Waals surface area contributed by atoms with Crippen LogP contribution in [-0.4, -0.2) is 0 Å². The Labute approximate surface area is 302 Å². The first-order valence-corrected chi connectivity index (χ1v) is 16.4. The Bertz CT molecular complexity index is 3380. The predicted molar refractivity (Wildman–Crippen MR) is 212 cm³/mol. The standard InChI is InChI=1S/C48H31NO/c1-2-13-32(14-3-1)35-19-10-20-37(29-35)42-31-43-47-45(25-12-26-46(47)50-48(43)41-23-9-8-22-40(41)42)49(38-28-27-33-15-4-5-17-36(33)30-38)44-24-11-18-34-16-6-7-21-39(34)44/h1-31H/i1D,2D,3D,10D,13D,14D,19D,20D,29D. The summed E-state index contributed by atoms with van der Waals surface area (Å²) in [6.07, 6.45) is 0. The van der Waals surface area contributed by atoms with Gasteiger partial charge in [-0.15, -0.1) is 0 Å². The first kappa shape index (κ1) is 20.7. The summed E-state index contributed by atoms with van der Waals surface area (Å²) in [4.78, 5) is 2.22. The molecule has 0 unspecified atom stereocenters. The molecule has 0 saturated carbocycles. The largest absolute Gasteiger partial charge is 0.455 e. The quantitative estimate of drug-likeness (QED) is 0.185. The predicted octanol–water partition coefficient (Wildman–Crippen LogP) is 13.8. The summed E-state index contributed by atoms with van der Waals surface area (Å²) in [6, 6.07) is 39.4. The SMILES string of the molecule is [2H]c1c([2H])c([2H])c(-c2c([2H])c([2H])c([2H])c(-c3cc4c(oc5cccc(N(c6ccc7ccccc7c6)c6cccc7ccccc67)c54)c4ccccc34)c2[2H])c([2H])c1[2H]. The lowest BCUT2D eigenvalue weighted by Gasteiger charge is -2.28. The first-order chi connectivity index (χ1) is 28.5. The average molecular weight is 647 g/mol. The molecule has 0 saturated heterocycles. The van der Waals surface area contributed by atoms with Gasteiger partial charge in [0.25, 0.3) is 0 Å². The molecule has 0 aliphatic heterocycles. The Morgan fingerprint density at radius 3 is 2.02 bits per heavy atom. The molecule has 2 heteroatoms. The number of anilines is 3. The molecule has 1 heterocycles. The second-order valence-electron chi connectivity index (χ2n) is 12.2. The third-order valence-electron chi connectivity index (χ3n) is 9.36. The minimum Gasteiger partial charge on any atom is -0.455 e. The van der Waals surface area contributed by atoms with Crippen LogP contribution in [0.25, 0.3) is 76.5 Å². The second kappa shape index (κ2) is 11.5. The summed E-state index contributed by atoms with van der Waals surface area (Å²) in [5.41, 5.74) is 3.59. The molecule has 0 radical (unpaired) electrons. The number of hydrogen-bond acceptors (Lipinski definition) is 2. The zero-order chi connectivity index (χ0) is 40.9. The Hall–Kier alpha value is -6.64. The van der Waals surface area contributed by atoms with Crippen molar-refractivity contribution in [3.63, 3.8) is 0 Å². The van der Waals surface area contributed by atoms with E-state index in [2.05, 4.69) is 59.5 Å². The van der Waals surface area contributed by atoms with E-state index in [0.717, 1.165) is 44.0 Å². The van der Waals surface area contributed by atoms with E-state index in [1.807, 2.05) is 78.9 Å². The zero-order valence-corrected chi connectivity index (χ0v) is 26.6. The molecule has 2 nitrogen and oxygen atoms in total. The van der Waals surface area contributed by atoms with Crippen molar-refractivity contribution < 1.29 is 16.8 Å². The van der Waals surface area contributed by atoms with E-state index in [0.29, 0.717) is 32.9 Å². The molecule has 0 spiro atoms. The summed E-state index contributed by atoms with van der Waals surface area (Å²) >= 11 is 0. The monoisotopic (exact) mass is 646 g/mol. The molecule has 9 aromatic carbocycles. The molecule has 10 aromatic rings. The maximum absolute atomic E-state index is 9.58. The van der Waals surface area contributed by atoms with Gasteiger partial charge < -0.3 is 9.32 Å². The number of hydrogen-bond donors (Lipinski definition) is 0. The van der Waals surface area contributed by atoms with Gasteiger partial charge in [0.05, 0.1) is 29.1 Å². The summed E-state index contributed by atoms with van der Waals surface area (Å²) < 4.78 is 85.6. The molecule has 234 valence electrons. The van der Waals surface area contributed by atoms with Crippen LogP contribution in [0.3, 0.4) is 0 Å². The van der Waals surface area contributed by atoms with E-state index < -0.39 is 42.3 Å². The lowest BCUT2D eigenvalue weighted by molar-refractivity contribution is 0.672. The summed E-state index contributed by atoms with van der Waals surface area (Å²) in [7, 11) is 0. The lowest BCUT2D eigenvalue weighted by atomic mass is 9.93. The minimum atomic E-state index is -0.616. The first-order valence-electron chi connectivity index (χ1n) is 20.9. The fourth-order valence-electron chi connectivity index (χ4n) is 7.13. The number of fused-ring (bicyclic) bond motifs is 7. The van der Waals surface area contributed by atoms with Crippen molar-refractivity contribution in [2.24, 2.45) is 0 Å². The van der Waals surface area contributed by atoms with Crippen LogP contribution < -0.4 is 4.90 Å². The van der Waals surface area contributed by atoms with Crippen molar-refractivity contribution >= 4 is 71.3 Å². The van der Waals surface area contributed by atoms with Gasteiger partial charge in [0.2, 0.25) is 0 Å². The molecule has 10 rings (SSSR count). The summed E-state index contributed by atoms with van der Waals surface area (Å²) in [5.74, 6) is 0. The van der Waals surface area contributed by atoms with Crippen molar-refractivity contribution in [2.45, 2.75) is 0 Å². The molecule has 0 amide bonds. The molecule has 1 aromatic heterocycles. The lowest BCUT2D eigenvalue weighted by Crippen LogP contribution is -2.11. The summed E-state index contributed by atoms with van der Waals surface area (Å²) in [5, 5.41) is 7.03. The molecule has 0 fully saturated rings. The minimum absolute atomic E-state index is 0.00168. The fourth-order valence-corrected chi connectivity index (χ4v) is 7.13. The highest BCUT2D eigenvalue weighted by Gasteiger charge is 2.23. The highest BCUT2D eigenvalue weighted by molar-refractivity contribution is 6.23. The number of rotatable bonds is 5. The van der Waals surface area contributed by atoms with Gasteiger partial charge in [-0.3, -0.25) is 0 Å². The van der Waals surface area contributed by atoms with Crippen LogP contribution >= 0.6 is 0 Å². The van der Waals surface area contributed by atoms with E-state index in [1.54, 1.807) is 0 Å². The molecule has 0 N–H and O–H groups in total. The molecule has 0 atom stereocenters. The van der Waals surface area contributed by atoms with Crippen molar-refractivity contribution in [3.8, 4) is 22.3 Å². The molecule has 50 heavy (non-hydrogen) atoms. The Morgan fingerprint density at radius 2 is 1.14 bits per heavy atom. The van der Waals surface area contributed by atoms with Crippen molar-refractivity contribution in [2.75, 3.05) is 4.90 Å². The van der Waals surface area contributed by atoms with Gasteiger partial charge in [0, 0.05) is 21.8 Å². The normalized spacial score (nSPS) is 14.1. The topological polar surface area (TPSA) is 16.4 Å². The second-order valence-corrected chi connectivity index (χ2v) is 12.2. The van der Waals surface area contributed by atoms with Crippen LogP contribution in [0.15, 0.2) is 192 Å². The third kappa shape index (κ3) is 4.57. The Balaban J connectivity index is 1.32. The molecule has 0 bridgehead atoms. The number of benzene rings is 9. The Morgan fingerprint density at radius 1 is 0.460 bits per heavy atom. The van der Waals surface area contributed by atoms with Gasteiger partial charge in [-0.2, -0.15) is 0 Å². The maximum Gasteiger partial charge on any atom is 0.143 e. The Kier molecular flexibility index (Phi) is 4.76.